The lowest BCUT2D eigenvalue weighted by Crippen LogP contribution is -2.42. The van der Waals surface area contributed by atoms with Gasteiger partial charge in [0.2, 0.25) is 0 Å². The standard InChI is InChI=1S/C14H16N2O4/c1-2-3-8-15-14(20)16(9-10-17)12-6-4-11(5-7-12)13(18)19/h1,4-7,17H,3,8-10H2,(H,15,20)(H,18,19). The van der Waals surface area contributed by atoms with Gasteiger partial charge in [-0.2, -0.15) is 0 Å². The highest BCUT2D eigenvalue weighted by atomic mass is 16.4. The Morgan fingerprint density at radius 2 is 1.95 bits per heavy atom. The first-order chi connectivity index (χ1) is 9.60. The zero-order chi connectivity index (χ0) is 15.0. The Balaban J connectivity index is 2.81. The summed E-state index contributed by atoms with van der Waals surface area (Å²) in [6, 6.07) is 5.44. The maximum atomic E-state index is 11.9. The topological polar surface area (TPSA) is 89.9 Å². The summed E-state index contributed by atoms with van der Waals surface area (Å²) in [6.07, 6.45) is 5.51. The molecule has 0 fully saturated rings. The fourth-order valence-electron chi connectivity index (χ4n) is 1.57. The molecule has 0 radical (unpaired) electrons. The molecule has 1 aromatic carbocycles. The third-order valence-corrected chi connectivity index (χ3v) is 2.54. The van der Waals surface area contributed by atoms with Gasteiger partial charge in [0.1, 0.15) is 0 Å². The van der Waals surface area contributed by atoms with E-state index in [0.717, 1.165) is 0 Å². The number of anilines is 1. The fourth-order valence-corrected chi connectivity index (χ4v) is 1.57. The number of terminal acetylenes is 1. The molecule has 0 heterocycles. The van der Waals surface area contributed by atoms with E-state index in [0.29, 0.717) is 18.7 Å². The van der Waals surface area contributed by atoms with Crippen molar-refractivity contribution in [2.24, 2.45) is 0 Å². The van der Waals surface area contributed by atoms with Gasteiger partial charge in [-0.1, -0.05) is 0 Å². The minimum absolute atomic E-state index is 0.105. The minimum atomic E-state index is -1.04. The molecule has 0 aliphatic rings. The molecule has 0 atom stereocenters. The third kappa shape index (κ3) is 4.30. The maximum Gasteiger partial charge on any atom is 0.335 e. The Morgan fingerprint density at radius 3 is 2.45 bits per heavy atom. The van der Waals surface area contributed by atoms with Gasteiger partial charge in [0.15, 0.2) is 0 Å². The Bertz CT molecular complexity index is 505. The second-order valence-electron chi connectivity index (χ2n) is 3.91. The van der Waals surface area contributed by atoms with Crippen LogP contribution in [0.1, 0.15) is 16.8 Å². The van der Waals surface area contributed by atoms with Crippen LogP contribution in [0.5, 0.6) is 0 Å². The van der Waals surface area contributed by atoms with E-state index in [1.54, 1.807) is 0 Å². The van der Waals surface area contributed by atoms with Gasteiger partial charge in [-0.05, 0) is 24.3 Å². The van der Waals surface area contributed by atoms with Crippen LogP contribution in [0.4, 0.5) is 10.5 Å². The first kappa shape index (κ1) is 15.5. The summed E-state index contributed by atoms with van der Waals surface area (Å²) in [7, 11) is 0. The number of carbonyl (C=O) groups is 2. The number of urea groups is 1. The SMILES string of the molecule is C#CCCNC(=O)N(CCO)c1ccc(C(=O)O)cc1. The van der Waals surface area contributed by atoms with Crippen molar-refractivity contribution in [3.8, 4) is 12.3 Å². The summed E-state index contributed by atoms with van der Waals surface area (Å²) in [5, 5.41) is 20.5. The fraction of sp³-hybridized carbons (Fsp3) is 0.286. The van der Waals surface area contributed by atoms with Crippen LogP contribution in [0.2, 0.25) is 0 Å². The molecule has 0 bridgehead atoms. The number of rotatable bonds is 6. The molecule has 2 amide bonds. The van der Waals surface area contributed by atoms with E-state index in [-0.39, 0.29) is 18.7 Å². The van der Waals surface area contributed by atoms with Crippen molar-refractivity contribution in [1.82, 2.24) is 5.32 Å². The number of aliphatic hydroxyl groups is 1. The zero-order valence-corrected chi connectivity index (χ0v) is 10.9. The van der Waals surface area contributed by atoms with Gasteiger partial charge in [0, 0.05) is 18.7 Å². The highest BCUT2D eigenvalue weighted by molar-refractivity contribution is 5.93. The average molecular weight is 276 g/mol. The number of amides is 2. The van der Waals surface area contributed by atoms with Gasteiger partial charge in [-0.25, -0.2) is 9.59 Å². The molecule has 3 N–H and O–H groups in total. The average Bonchev–Trinajstić information content (AvgIpc) is 2.45. The molecule has 0 unspecified atom stereocenters. The molecule has 1 rings (SSSR count). The predicted molar refractivity (Wildman–Crippen MR) is 74.7 cm³/mol. The highest BCUT2D eigenvalue weighted by Gasteiger charge is 2.15. The number of hydrogen-bond donors (Lipinski definition) is 3. The first-order valence-corrected chi connectivity index (χ1v) is 6.03. The lowest BCUT2D eigenvalue weighted by molar-refractivity contribution is 0.0697. The van der Waals surface area contributed by atoms with Crippen LogP contribution in [0.25, 0.3) is 0 Å². The van der Waals surface area contributed by atoms with E-state index < -0.39 is 12.0 Å². The van der Waals surface area contributed by atoms with Gasteiger partial charge < -0.3 is 15.5 Å². The Morgan fingerprint density at radius 1 is 1.30 bits per heavy atom. The van der Waals surface area contributed by atoms with Crippen LogP contribution < -0.4 is 10.2 Å². The molecule has 0 spiro atoms. The number of aromatic carboxylic acids is 1. The number of carbonyl (C=O) groups excluding carboxylic acids is 1. The van der Waals surface area contributed by atoms with Crippen LogP contribution in [0.3, 0.4) is 0 Å². The number of aliphatic hydroxyl groups excluding tert-OH is 1. The summed E-state index contributed by atoms with van der Waals surface area (Å²) in [5.74, 6) is 1.37. The number of carboxylic acid groups (broad SMARTS) is 1. The van der Waals surface area contributed by atoms with E-state index >= 15 is 0 Å². The van der Waals surface area contributed by atoms with Crippen LogP contribution in [0, 0.1) is 12.3 Å². The second kappa shape index (κ2) is 7.81. The Hall–Kier alpha value is -2.52. The van der Waals surface area contributed by atoms with Crippen LogP contribution >= 0.6 is 0 Å². The van der Waals surface area contributed by atoms with Crippen LogP contribution in [0.15, 0.2) is 24.3 Å². The quantitative estimate of drug-likeness (QED) is 0.532. The van der Waals surface area contributed by atoms with E-state index in [1.807, 2.05) is 0 Å². The third-order valence-electron chi connectivity index (χ3n) is 2.54. The molecule has 6 nitrogen and oxygen atoms in total. The molecule has 20 heavy (non-hydrogen) atoms. The van der Waals surface area contributed by atoms with Crippen molar-refractivity contribution >= 4 is 17.7 Å². The highest BCUT2D eigenvalue weighted by Crippen LogP contribution is 2.15. The number of benzene rings is 1. The summed E-state index contributed by atoms with van der Waals surface area (Å²) in [5.41, 5.74) is 0.632. The van der Waals surface area contributed by atoms with Gasteiger partial charge in [0.05, 0.1) is 18.7 Å². The zero-order valence-electron chi connectivity index (χ0n) is 10.9. The van der Waals surface area contributed by atoms with Crippen molar-refractivity contribution in [3.63, 3.8) is 0 Å². The van der Waals surface area contributed by atoms with E-state index in [1.165, 1.54) is 29.2 Å². The molecule has 6 heteroatoms. The van der Waals surface area contributed by atoms with Gasteiger partial charge in [0.25, 0.3) is 0 Å². The minimum Gasteiger partial charge on any atom is -0.478 e. The van der Waals surface area contributed by atoms with Gasteiger partial charge in [-0.15, -0.1) is 12.3 Å². The second-order valence-corrected chi connectivity index (χ2v) is 3.91. The van der Waals surface area contributed by atoms with Crippen LogP contribution in [-0.2, 0) is 0 Å². The van der Waals surface area contributed by atoms with Crippen molar-refractivity contribution in [3.05, 3.63) is 29.8 Å². The lowest BCUT2D eigenvalue weighted by atomic mass is 10.2. The van der Waals surface area contributed by atoms with E-state index in [4.69, 9.17) is 16.6 Å². The molecule has 0 aromatic heterocycles. The first-order valence-electron chi connectivity index (χ1n) is 6.03. The predicted octanol–water partition coefficient (Wildman–Crippen LogP) is 0.916. The van der Waals surface area contributed by atoms with Crippen LogP contribution in [-0.4, -0.2) is 41.9 Å². The number of nitrogens with zero attached hydrogens (tertiary/aromatic N) is 1. The molecule has 106 valence electrons. The van der Waals surface area contributed by atoms with Gasteiger partial charge in [-0.3, -0.25) is 4.90 Å². The normalized spacial score (nSPS) is 9.60. The van der Waals surface area contributed by atoms with E-state index in [9.17, 15) is 9.59 Å². The Labute approximate surface area is 117 Å². The van der Waals surface area contributed by atoms with Crippen molar-refractivity contribution in [1.29, 1.82) is 0 Å². The van der Waals surface area contributed by atoms with Crippen molar-refractivity contribution < 1.29 is 19.8 Å². The molecule has 0 saturated carbocycles. The summed E-state index contributed by atoms with van der Waals surface area (Å²) in [4.78, 5) is 24.0. The lowest BCUT2D eigenvalue weighted by Gasteiger charge is -2.22. The van der Waals surface area contributed by atoms with Crippen molar-refractivity contribution in [2.45, 2.75) is 6.42 Å². The number of nitrogens with one attached hydrogen (secondary N) is 1. The van der Waals surface area contributed by atoms with Gasteiger partial charge >= 0.3 is 12.0 Å². The summed E-state index contributed by atoms with van der Waals surface area (Å²) < 4.78 is 0. The van der Waals surface area contributed by atoms with Crippen molar-refractivity contribution in [2.75, 3.05) is 24.6 Å². The molecule has 0 saturated heterocycles. The molecular formula is C14H16N2O4. The van der Waals surface area contributed by atoms with E-state index in [2.05, 4.69) is 11.2 Å². The largest absolute Gasteiger partial charge is 0.478 e. The number of carboxylic acids is 1. The molecule has 0 aliphatic heterocycles. The molecular weight excluding hydrogens is 260 g/mol. The summed E-state index contributed by atoms with van der Waals surface area (Å²) >= 11 is 0. The maximum absolute atomic E-state index is 11.9. The monoisotopic (exact) mass is 276 g/mol. The molecule has 0 aliphatic carbocycles. The Kier molecular flexibility index (Phi) is 6.07. The number of hydrogen-bond acceptors (Lipinski definition) is 3. The summed E-state index contributed by atoms with van der Waals surface area (Å²) in [6.45, 7) is 0.238. The smallest absolute Gasteiger partial charge is 0.335 e. The molecule has 1 aromatic rings.